The molecule has 0 spiro atoms. The standard InChI is InChI=1S/C8H7ClN2O2S/c9-6-2-1-5(14-6)4-3-10-7(12)8(13)11-4/h1-2,4H,3H2,(H,10,12)(H,11,13). The minimum absolute atomic E-state index is 0.155. The van der Waals surface area contributed by atoms with Gasteiger partial charge in [-0.25, -0.2) is 0 Å². The van der Waals surface area contributed by atoms with Crippen LogP contribution in [-0.4, -0.2) is 18.4 Å². The Morgan fingerprint density at radius 2 is 2.14 bits per heavy atom. The molecule has 1 unspecified atom stereocenters. The van der Waals surface area contributed by atoms with Gasteiger partial charge in [0.15, 0.2) is 0 Å². The average molecular weight is 231 g/mol. The van der Waals surface area contributed by atoms with Crippen LogP contribution in [0.5, 0.6) is 0 Å². The summed E-state index contributed by atoms with van der Waals surface area (Å²) in [6.07, 6.45) is 0. The van der Waals surface area contributed by atoms with E-state index >= 15 is 0 Å². The SMILES string of the molecule is O=C1NCC(c2ccc(Cl)s2)NC1=O. The molecule has 1 aliphatic rings. The van der Waals surface area contributed by atoms with Crippen molar-refractivity contribution in [3.63, 3.8) is 0 Å². The van der Waals surface area contributed by atoms with Crippen molar-refractivity contribution in [3.05, 3.63) is 21.3 Å². The van der Waals surface area contributed by atoms with Gasteiger partial charge >= 0.3 is 11.8 Å². The Kier molecular flexibility index (Phi) is 2.43. The molecule has 1 fully saturated rings. The maximum atomic E-state index is 11.0. The smallest absolute Gasteiger partial charge is 0.309 e. The third kappa shape index (κ3) is 1.73. The van der Waals surface area contributed by atoms with E-state index < -0.39 is 11.8 Å². The molecule has 0 radical (unpaired) electrons. The van der Waals surface area contributed by atoms with Gasteiger partial charge in [-0.05, 0) is 12.1 Å². The molecule has 2 amide bonds. The number of rotatable bonds is 1. The van der Waals surface area contributed by atoms with E-state index in [-0.39, 0.29) is 6.04 Å². The summed E-state index contributed by atoms with van der Waals surface area (Å²) < 4.78 is 0.672. The predicted octanol–water partition coefficient (Wildman–Crippen LogP) is 0.689. The van der Waals surface area contributed by atoms with Crippen molar-refractivity contribution < 1.29 is 9.59 Å². The van der Waals surface area contributed by atoms with Crippen LogP contribution < -0.4 is 10.6 Å². The van der Waals surface area contributed by atoms with Gasteiger partial charge in [-0.1, -0.05) is 11.6 Å². The molecule has 6 heteroatoms. The molecule has 0 saturated carbocycles. The van der Waals surface area contributed by atoms with Crippen LogP contribution in [0, 0.1) is 0 Å². The lowest BCUT2D eigenvalue weighted by Gasteiger charge is -2.22. The molecular weight excluding hydrogens is 224 g/mol. The lowest BCUT2D eigenvalue weighted by molar-refractivity contribution is -0.141. The monoisotopic (exact) mass is 230 g/mol. The first-order chi connectivity index (χ1) is 6.66. The van der Waals surface area contributed by atoms with Gasteiger partial charge in [0.1, 0.15) is 0 Å². The Balaban J connectivity index is 2.14. The third-order valence-corrected chi connectivity index (χ3v) is 3.26. The number of carbonyl (C=O) groups is 2. The molecule has 0 aliphatic carbocycles. The summed E-state index contributed by atoms with van der Waals surface area (Å²) in [5, 5.41) is 5.10. The molecule has 74 valence electrons. The quantitative estimate of drug-likeness (QED) is 0.698. The molecule has 4 nitrogen and oxygen atoms in total. The highest BCUT2D eigenvalue weighted by Crippen LogP contribution is 2.27. The number of halogens is 1. The molecule has 2 rings (SSSR count). The maximum Gasteiger partial charge on any atom is 0.309 e. The number of hydrogen-bond donors (Lipinski definition) is 2. The summed E-state index contributed by atoms with van der Waals surface area (Å²) in [7, 11) is 0. The van der Waals surface area contributed by atoms with Crippen LogP contribution in [0.3, 0.4) is 0 Å². The van der Waals surface area contributed by atoms with Gasteiger partial charge in [-0.3, -0.25) is 9.59 Å². The number of piperazine rings is 1. The normalized spacial score (nSPS) is 21.6. The summed E-state index contributed by atoms with van der Waals surface area (Å²) in [6, 6.07) is 3.46. The molecule has 0 bridgehead atoms. The van der Waals surface area contributed by atoms with Crippen molar-refractivity contribution in [1.29, 1.82) is 0 Å². The maximum absolute atomic E-state index is 11.0. The van der Waals surface area contributed by atoms with Crippen LogP contribution in [0.4, 0.5) is 0 Å². The summed E-state index contributed by atoms with van der Waals surface area (Å²) in [5.41, 5.74) is 0. The van der Waals surface area contributed by atoms with Crippen LogP contribution in [0.15, 0.2) is 12.1 Å². The molecule has 1 aliphatic heterocycles. The number of hydrogen-bond acceptors (Lipinski definition) is 3. The zero-order valence-electron chi connectivity index (χ0n) is 7.04. The van der Waals surface area contributed by atoms with E-state index in [1.807, 2.05) is 6.07 Å². The average Bonchev–Trinajstić information content (AvgIpc) is 2.57. The van der Waals surface area contributed by atoms with Crippen LogP contribution in [0.2, 0.25) is 4.34 Å². The largest absolute Gasteiger partial charge is 0.345 e. The number of carbonyl (C=O) groups excluding carboxylic acids is 2. The first kappa shape index (κ1) is 9.48. The van der Waals surface area contributed by atoms with Gasteiger partial charge < -0.3 is 10.6 Å². The van der Waals surface area contributed by atoms with Crippen molar-refractivity contribution >= 4 is 34.8 Å². The highest BCUT2D eigenvalue weighted by Gasteiger charge is 2.26. The van der Waals surface area contributed by atoms with Crippen molar-refractivity contribution in [2.45, 2.75) is 6.04 Å². The number of thiophene rings is 1. The molecule has 0 aromatic carbocycles. The predicted molar refractivity (Wildman–Crippen MR) is 53.2 cm³/mol. The summed E-state index contributed by atoms with van der Waals surface area (Å²) in [4.78, 5) is 22.8. The lowest BCUT2D eigenvalue weighted by atomic mass is 10.2. The van der Waals surface area contributed by atoms with Crippen LogP contribution in [0.25, 0.3) is 0 Å². The minimum Gasteiger partial charge on any atom is -0.345 e. The van der Waals surface area contributed by atoms with E-state index in [0.717, 1.165) is 4.88 Å². The molecule has 2 heterocycles. The first-order valence-electron chi connectivity index (χ1n) is 4.01. The second-order valence-corrected chi connectivity index (χ2v) is 4.62. The van der Waals surface area contributed by atoms with Gasteiger partial charge in [0.2, 0.25) is 0 Å². The molecule has 14 heavy (non-hydrogen) atoms. The van der Waals surface area contributed by atoms with Crippen molar-refractivity contribution in [3.8, 4) is 0 Å². The fraction of sp³-hybridized carbons (Fsp3) is 0.250. The van der Waals surface area contributed by atoms with E-state index in [0.29, 0.717) is 10.9 Å². The first-order valence-corrected chi connectivity index (χ1v) is 5.20. The number of amides is 2. The van der Waals surface area contributed by atoms with Gasteiger partial charge in [0.05, 0.1) is 10.4 Å². The second-order valence-electron chi connectivity index (χ2n) is 2.88. The third-order valence-electron chi connectivity index (χ3n) is 1.92. The number of nitrogens with one attached hydrogen (secondary N) is 2. The Labute approximate surface area is 89.3 Å². The van der Waals surface area contributed by atoms with E-state index in [2.05, 4.69) is 10.6 Å². The van der Waals surface area contributed by atoms with Crippen molar-refractivity contribution in [1.82, 2.24) is 10.6 Å². The van der Waals surface area contributed by atoms with Crippen LogP contribution in [0.1, 0.15) is 10.9 Å². The topological polar surface area (TPSA) is 58.2 Å². The molecule has 2 N–H and O–H groups in total. The molecule has 1 atom stereocenters. The van der Waals surface area contributed by atoms with Crippen molar-refractivity contribution in [2.24, 2.45) is 0 Å². The van der Waals surface area contributed by atoms with Crippen LogP contribution >= 0.6 is 22.9 Å². The second kappa shape index (κ2) is 3.59. The Hall–Kier alpha value is -1.07. The van der Waals surface area contributed by atoms with E-state index in [9.17, 15) is 9.59 Å². The fourth-order valence-corrected chi connectivity index (χ4v) is 2.35. The Bertz CT molecular complexity index is 390. The summed E-state index contributed by atoms with van der Waals surface area (Å²) in [6.45, 7) is 0.418. The zero-order chi connectivity index (χ0) is 10.1. The van der Waals surface area contributed by atoms with Gasteiger partial charge in [0, 0.05) is 11.4 Å². The highest BCUT2D eigenvalue weighted by molar-refractivity contribution is 7.16. The summed E-state index contributed by atoms with van der Waals surface area (Å²) in [5.74, 6) is -1.17. The Morgan fingerprint density at radius 3 is 2.71 bits per heavy atom. The van der Waals surface area contributed by atoms with Crippen molar-refractivity contribution in [2.75, 3.05) is 6.54 Å². The molecule has 1 saturated heterocycles. The van der Waals surface area contributed by atoms with Gasteiger partial charge in [0.25, 0.3) is 0 Å². The Morgan fingerprint density at radius 1 is 1.36 bits per heavy atom. The minimum atomic E-state index is -0.592. The van der Waals surface area contributed by atoms with E-state index in [1.165, 1.54) is 11.3 Å². The molecular formula is C8H7ClN2O2S. The molecule has 1 aromatic rings. The van der Waals surface area contributed by atoms with E-state index in [1.54, 1.807) is 6.07 Å². The fourth-order valence-electron chi connectivity index (χ4n) is 1.24. The molecule has 1 aromatic heterocycles. The van der Waals surface area contributed by atoms with Crippen LogP contribution in [-0.2, 0) is 9.59 Å². The highest BCUT2D eigenvalue weighted by atomic mass is 35.5. The zero-order valence-corrected chi connectivity index (χ0v) is 8.61. The summed E-state index contributed by atoms with van der Waals surface area (Å²) >= 11 is 7.16. The lowest BCUT2D eigenvalue weighted by Crippen LogP contribution is -2.51. The van der Waals surface area contributed by atoms with Gasteiger partial charge in [-0.15, -0.1) is 11.3 Å². The van der Waals surface area contributed by atoms with Gasteiger partial charge in [-0.2, -0.15) is 0 Å². The van der Waals surface area contributed by atoms with E-state index in [4.69, 9.17) is 11.6 Å².